The van der Waals surface area contributed by atoms with Crippen LogP contribution in [0.15, 0.2) is 57.1 Å². The number of aromatic nitrogens is 4. The number of aromatic amines is 1. The molecule has 0 atom stereocenters. The van der Waals surface area contributed by atoms with Crippen LogP contribution in [0.3, 0.4) is 0 Å². The number of furan rings is 1. The normalized spacial score (nSPS) is 12.3. The van der Waals surface area contributed by atoms with Crippen molar-refractivity contribution in [3.8, 4) is 0 Å². The summed E-state index contributed by atoms with van der Waals surface area (Å²) in [5.74, 6) is -2.14. The van der Waals surface area contributed by atoms with Crippen molar-refractivity contribution in [3.63, 3.8) is 0 Å². The van der Waals surface area contributed by atoms with Gasteiger partial charge in [0.2, 0.25) is 26.5 Å². The summed E-state index contributed by atoms with van der Waals surface area (Å²) in [5.41, 5.74) is -0.0440. The molecular weight excluding hydrogens is 355 g/mol. The maximum atomic E-state index is 12.9. The lowest BCUT2D eigenvalue weighted by molar-refractivity contribution is 0.103. The number of nitrogens with one attached hydrogen (secondary N) is 1. The molecule has 0 amide bonds. The Kier molecular flexibility index (Phi) is 4.15. The summed E-state index contributed by atoms with van der Waals surface area (Å²) in [7, 11) is -4.04. The van der Waals surface area contributed by atoms with E-state index in [1.54, 1.807) is 0 Å². The van der Waals surface area contributed by atoms with E-state index in [4.69, 9.17) is 4.42 Å². The maximum Gasteiger partial charge on any atom is 0.244 e. The van der Waals surface area contributed by atoms with Crippen molar-refractivity contribution in [2.45, 2.75) is 9.99 Å². The van der Waals surface area contributed by atoms with E-state index in [9.17, 15) is 22.7 Å². The molecule has 0 aliphatic heterocycles. The summed E-state index contributed by atoms with van der Waals surface area (Å²) in [6, 6.07) is 5.20. The van der Waals surface area contributed by atoms with Crippen molar-refractivity contribution in [2.24, 2.45) is 0 Å². The number of H-pyrrole nitrogens is 1. The first-order chi connectivity index (χ1) is 11.9. The Morgan fingerprint density at radius 2 is 2.00 bits per heavy atom. The van der Waals surface area contributed by atoms with Gasteiger partial charge in [-0.05, 0) is 29.5 Å². The first kappa shape index (κ1) is 16.5. The highest BCUT2D eigenvalue weighted by Crippen LogP contribution is 2.25. The zero-order chi connectivity index (χ0) is 18.0. The Morgan fingerprint density at radius 1 is 1.28 bits per heavy atom. The highest BCUT2D eigenvalue weighted by Gasteiger charge is 2.23. The van der Waals surface area contributed by atoms with E-state index in [0.717, 1.165) is 42.7 Å². The SMILES string of the molecule is O=C(C=C(O)c1coc(S(=O)(=O)c2ccc(F)cc2)c1)c1nn[nH]n1. The van der Waals surface area contributed by atoms with Gasteiger partial charge < -0.3 is 9.52 Å². The minimum atomic E-state index is -4.04. The summed E-state index contributed by atoms with van der Waals surface area (Å²) in [5, 5.41) is 21.6. The van der Waals surface area contributed by atoms with Crippen molar-refractivity contribution < 1.29 is 27.1 Å². The number of aliphatic hydroxyl groups excluding tert-OH is 1. The first-order valence-electron chi connectivity index (χ1n) is 6.66. The van der Waals surface area contributed by atoms with Crippen molar-refractivity contribution >= 4 is 21.4 Å². The van der Waals surface area contributed by atoms with Crippen molar-refractivity contribution in [1.82, 2.24) is 20.6 Å². The molecule has 1 aromatic carbocycles. The highest BCUT2D eigenvalue weighted by molar-refractivity contribution is 7.91. The first-order valence-corrected chi connectivity index (χ1v) is 8.14. The molecule has 3 rings (SSSR count). The van der Waals surface area contributed by atoms with Gasteiger partial charge in [0.15, 0.2) is 0 Å². The van der Waals surface area contributed by atoms with Gasteiger partial charge in [-0.3, -0.25) is 4.79 Å². The minimum Gasteiger partial charge on any atom is -0.507 e. The number of tetrazole rings is 1. The predicted octanol–water partition coefficient (Wildman–Crippen LogP) is 1.55. The molecular formula is C14H9FN4O5S. The number of hydrogen-bond acceptors (Lipinski definition) is 8. The smallest absolute Gasteiger partial charge is 0.244 e. The number of allylic oxidation sites excluding steroid dienone is 1. The van der Waals surface area contributed by atoms with Gasteiger partial charge in [-0.1, -0.05) is 0 Å². The van der Waals surface area contributed by atoms with Gasteiger partial charge in [0.25, 0.3) is 0 Å². The molecule has 2 aromatic heterocycles. The van der Waals surface area contributed by atoms with Crippen LogP contribution in [0.2, 0.25) is 0 Å². The number of carbonyl (C=O) groups is 1. The Labute approximate surface area is 139 Å². The van der Waals surface area contributed by atoms with Crippen molar-refractivity contribution in [2.75, 3.05) is 0 Å². The summed E-state index contributed by atoms with van der Waals surface area (Å²) < 4.78 is 42.6. The molecule has 128 valence electrons. The standard InChI is InChI=1S/C14H9FN4O5S/c15-9-1-3-10(4-2-9)25(22,23)13-5-8(7-24-13)11(20)6-12(21)14-16-18-19-17-14/h1-7,20H,(H,16,17,18,19). The summed E-state index contributed by atoms with van der Waals surface area (Å²) in [4.78, 5) is 11.6. The number of carbonyl (C=O) groups excluding carboxylic acids is 1. The summed E-state index contributed by atoms with van der Waals surface area (Å²) in [6.45, 7) is 0. The third kappa shape index (κ3) is 3.30. The van der Waals surface area contributed by atoms with Gasteiger partial charge in [0.1, 0.15) is 17.8 Å². The van der Waals surface area contributed by atoms with Crippen LogP contribution in [0.1, 0.15) is 16.2 Å². The molecule has 0 fully saturated rings. The molecule has 25 heavy (non-hydrogen) atoms. The number of rotatable bonds is 5. The fourth-order valence-corrected chi connectivity index (χ4v) is 3.04. The van der Waals surface area contributed by atoms with E-state index in [2.05, 4.69) is 20.6 Å². The van der Waals surface area contributed by atoms with Crippen LogP contribution in [0.25, 0.3) is 5.76 Å². The number of sulfone groups is 1. The number of ketones is 1. The second-order valence-electron chi connectivity index (χ2n) is 4.74. The summed E-state index contributed by atoms with van der Waals surface area (Å²) in [6.07, 6.45) is 1.76. The zero-order valence-corrected chi connectivity index (χ0v) is 13.1. The number of aliphatic hydroxyl groups is 1. The number of nitrogens with zero attached hydrogens (tertiary/aromatic N) is 3. The van der Waals surface area contributed by atoms with Crippen molar-refractivity contribution in [3.05, 3.63) is 59.9 Å². The molecule has 3 aromatic rings. The van der Waals surface area contributed by atoms with Crippen LogP contribution < -0.4 is 0 Å². The molecule has 0 saturated heterocycles. The number of benzene rings is 1. The highest BCUT2D eigenvalue weighted by atomic mass is 32.2. The van der Waals surface area contributed by atoms with Crippen LogP contribution in [-0.2, 0) is 9.84 Å². The zero-order valence-electron chi connectivity index (χ0n) is 12.2. The second kappa shape index (κ2) is 6.28. The molecule has 0 radical (unpaired) electrons. The molecule has 11 heteroatoms. The quantitative estimate of drug-likeness (QED) is 0.301. The fraction of sp³-hybridized carbons (Fsp3) is 0. The van der Waals surface area contributed by atoms with Crippen LogP contribution >= 0.6 is 0 Å². The van der Waals surface area contributed by atoms with Gasteiger partial charge in [-0.15, -0.1) is 10.2 Å². The Bertz CT molecular complexity index is 1040. The van der Waals surface area contributed by atoms with Crippen LogP contribution in [-0.4, -0.2) is 39.9 Å². The van der Waals surface area contributed by atoms with Crippen LogP contribution in [0.5, 0.6) is 0 Å². The van der Waals surface area contributed by atoms with E-state index in [1.165, 1.54) is 0 Å². The number of hydrogen-bond donors (Lipinski definition) is 2. The van der Waals surface area contributed by atoms with Gasteiger partial charge in [-0.25, -0.2) is 12.8 Å². The van der Waals surface area contributed by atoms with Gasteiger partial charge in [0, 0.05) is 12.1 Å². The molecule has 0 spiro atoms. The monoisotopic (exact) mass is 364 g/mol. The molecule has 0 bridgehead atoms. The van der Waals surface area contributed by atoms with Crippen LogP contribution in [0.4, 0.5) is 4.39 Å². The van der Waals surface area contributed by atoms with Crippen molar-refractivity contribution in [1.29, 1.82) is 0 Å². The second-order valence-corrected chi connectivity index (χ2v) is 6.62. The fourth-order valence-electron chi connectivity index (χ4n) is 1.86. The number of halogens is 1. The van der Waals surface area contributed by atoms with E-state index in [0.29, 0.717) is 0 Å². The third-order valence-electron chi connectivity index (χ3n) is 3.09. The molecule has 0 saturated carbocycles. The van der Waals surface area contributed by atoms with Crippen LogP contribution in [0, 0.1) is 5.82 Å². The largest absolute Gasteiger partial charge is 0.507 e. The van der Waals surface area contributed by atoms with E-state index >= 15 is 0 Å². The lowest BCUT2D eigenvalue weighted by Crippen LogP contribution is -2.01. The van der Waals surface area contributed by atoms with E-state index in [1.807, 2.05) is 0 Å². The van der Waals surface area contributed by atoms with E-state index < -0.39 is 32.3 Å². The van der Waals surface area contributed by atoms with Gasteiger partial charge >= 0.3 is 0 Å². The van der Waals surface area contributed by atoms with Gasteiger partial charge in [-0.2, -0.15) is 5.21 Å². The molecule has 0 unspecified atom stereocenters. The maximum absolute atomic E-state index is 12.9. The average molecular weight is 364 g/mol. The lowest BCUT2D eigenvalue weighted by atomic mass is 10.2. The molecule has 2 heterocycles. The third-order valence-corrected chi connectivity index (χ3v) is 4.73. The average Bonchev–Trinajstić information content (AvgIpc) is 3.27. The lowest BCUT2D eigenvalue weighted by Gasteiger charge is -2.00. The Hall–Kier alpha value is -3.34. The van der Waals surface area contributed by atoms with E-state index in [-0.39, 0.29) is 16.3 Å². The Balaban J connectivity index is 1.89. The Morgan fingerprint density at radius 3 is 2.64 bits per heavy atom. The molecule has 0 aliphatic rings. The molecule has 9 nitrogen and oxygen atoms in total. The summed E-state index contributed by atoms with van der Waals surface area (Å²) >= 11 is 0. The molecule has 0 aliphatic carbocycles. The van der Waals surface area contributed by atoms with Gasteiger partial charge in [0.05, 0.1) is 10.5 Å². The topological polar surface area (TPSA) is 139 Å². The minimum absolute atomic E-state index is 0.0440. The predicted molar refractivity (Wildman–Crippen MR) is 79.7 cm³/mol. The molecule has 2 N–H and O–H groups in total.